The van der Waals surface area contributed by atoms with E-state index < -0.39 is 56.5 Å². The summed E-state index contributed by atoms with van der Waals surface area (Å²) in [6.45, 7) is 3.25. The zero-order valence-corrected chi connectivity index (χ0v) is 19.4. The Morgan fingerprint density at radius 1 is 0.694 bits per heavy atom. The highest BCUT2D eigenvalue weighted by Gasteiger charge is 2.93. The second kappa shape index (κ2) is 9.89. The maximum Gasteiger partial charge on any atom is 0.460 e. The molecule has 0 saturated heterocycles. The number of nitrogens with two attached hydrogens (primary N) is 1. The molecule has 0 fully saturated rings. The zero-order valence-electron chi connectivity index (χ0n) is 17.8. The molecule has 0 bridgehead atoms. The minimum Gasteiger partial charge on any atom is -0.378 e. The molecule has 0 saturated carbocycles. The Morgan fingerprint density at radius 2 is 1.06 bits per heavy atom. The molecule has 0 amide bonds. The van der Waals surface area contributed by atoms with Crippen molar-refractivity contribution in [1.82, 2.24) is 0 Å². The summed E-state index contributed by atoms with van der Waals surface area (Å²) in [5.74, 6) is -33.8. The summed E-state index contributed by atoms with van der Waals surface area (Å²) < 4.78 is 198. The van der Waals surface area contributed by atoms with Crippen LogP contribution >= 0.6 is 12.4 Å². The van der Waals surface area contributed by atoms with Crippen LogP contribution in [0.15, 0.2) is 24.3 Å². The molecule has 0 aliphatic rings. The Bertz CT molecular complexity index is 1010. The zero-order chi connectivity index (χ0) is 28.1. The lowest BCUT2D eigenvalue weighted by Crippen LogP contribution is -2.71. The first-order valence-corrected chi connectivity index (χ1v) is 10.5. The molecule has 0 unspecified atom stereocenters. The Morgan fingerprint density at radius 3 is 1.39 bits per heavy atom. The van der Waals surface area contributed by atoms with E-state index in [1.165, 1.54) is 0 Å². The molecule has 1 aromatic carbocycles. The van der Waals surface area contributed by atoms with Crippen LogP contribution in [0.5, 0.6) is 5.75 Å². The van der Waals surface area contributed by atoms with Crippen LogP contribution in [0.4, 0.5) is 57.1 Å². The first-order valence-electron chi connectivity index (χ1n) is 9.10. The van der Waals surface area contributed by atoms with Crippen molar-refractivity contribution in [2.75, 3.05) is 0 Å². The van der Waals surface area contributed by atoms with E-state index in [4.69, 9.17) is 5.73 Å². The first-order chi connectivity index (χ1) is 15.3. The monoisotopic (exact) mass is 597 g/mol. The van der Waals surface area contributed by atoms with Crippen LogP contribution < -0.4 is 9.92 Å². The molecular formula is C17H17ClF13NO3S. The van der Waals surface area contributed by atoms with E-state index in [-0.39, 0.29) is 30.8 Å². The quantitative estimate of drug-likeness (QED) is 0.247. The van der Waals surface area contributed by atoms with Crippen molar-refractivity contribution in [3.05, 3.63) is 29.8 Å². The highest BCUT2D eigenvalue weighted by Crippen LogP contribution is 2.61. The lowest BCUT2D eigenvalue weighted by Gasteiger charge is -2.38. The second-order valence-corrected chi connectivity index (χ2v) is 8.82. The highest BCUT2D eigenvalue weighted by molar-refractivity contribution is 7.88. The van der Waals surface area contributed by atoms with Crippen LogP contribution in [-0.2, 0) is 15.7 Å². The Kier molecular flexibility index (Phi) is 9.42. The van der Waals surface area contributed by atoms with Gasteiger partial charge in [-0.3, -0.25) is 0 Å². The molecule has 1 rings (SSSR count). The van der Waals surface area contributed by atoms with Gasteiger partial charge in [0.15, 0.2) is 0 Å². The number of hydrogen-bond acceptors (Lipinski definition) is 4. The van der Waals surface area contributed by atoms with E-state index in [1.54, 1.807) is 13.8 Å². The molecule has 1 aromatic rings. The summed E-state index contributed by atoms with van der Waals surface area (Å²) in [7, 11) is -7.41. The molecule has 36 heavy (non-hydrogen) atoms. The van der Waals surface area contributed by atoms with E-state index in [2.05, 4.69) is 4.18 Å². The van der Waals surface area contributed by atoms with Gasteiger partial charge in [-0.15, -0.1) is 12.4 Å². The van der Waals surface area contributed by atoms with Crippen molar-refractivity contribution in [3.8, 4) is 5.75 Å². The van der Waals surface area contributed by atoms with Gasteiger partial charge in [-0.2, -0.15) is 65.5 Å². The van der Waals surface area contributed by atoms with Crippen LogP contribution in [0.2, 0.25) is 0 Å². The number of halogens is 14. The minimum absolute atomic E-state index is 0. The predicted molar refractivity (Wildman–Crippen MR) is 100 cm³/mol. The van der Waals surface area contributed by atoms with Gasteiger partial charge >= 0.3 is 45.2 Å². The van der Waals surface area contributed by atoms with Gasteiger partial charge in [0.1, 0.15) is 5.75 Å². The average molecular weight is 598 g/mol. The summed E-state index contributed by atoms with van der Waals surface area (Å²) in [6.07, 6.45) is -7.03. The number of benzene rings is 1. The molecule has 19 heteroatoms. The van der Waals surface area contributed by atoms with Crippen molar-refractivity contribution in [3.63, 3.8) is 0 Å². The molecule has 212 valence electrons. The van der Waals surface area contributed by atoms with E-state index in [0.717, 1.165) is 12.1 Å². The smallest absolute Gasteiger partial charge is 0.378 e. The van der Waals surface area contributed by atoms with Crippen LogP contribution in [0, 0.1) is 0 Å². The minimum atomic E-state index is -8.26. The molecule has 0 radical (unpaired) electrons. The van der Waals surface area contributed by atoms with Crippen molar-refractivity contribution in [2.24, 2.45) is 5.73 Å². The topological polar surface area (TPSA) is 69.4 Å². The Labute approximate surface area is 201 Å². The predicted octanol–water partition coefficient (Wildman–Crippen LogP) is 6.49. The average Bonchev–Trinajstić information content (AvgIpc) is 2.71. The van der Waals surface area contributed by atoms with E-state index in [9.17, 15) is 65.5 Å². The summed E-state index contributed by atoms with van der Waals surface area (Å²) in [5.41, 5.74) is 5.21. The van der Waals surface area contributed by atoms with Gasteiger partial charge in [0.05, 0.1) is 0 Å². The fourth-order valence-electron chi connectivity index (χ4n) is 2.59. The van der Waals surface area contributed by atoms with Crippen molar-refractivity contribution >= 4 is 22.5 Å². The number of hydrogen-bond donors (Lipinski definition) is 1. The fourth-order valence-corrected chi connectivity index (χ4v) is 3.50. The van der Waals surface area contributed by atoms with Crippen LogP contribution in [0.25, 0.3) is 0 Å². The van der Waals surface area contributed by atoms with E-state index in [0.29, 0.717) is 12.1 Å². The molecular weight excluding hydrogens is 581 g/mol. The number of rotatable bonds is 10. The summed E-state index contributed by atoms with van der Waals surface area (Å²) >= 11 is 0. The third-order valence-corrected chi connectivity index (χ3v) is 6.41. The van der Waals surface area contributed by atoms with Gasteiger partial charge in [-0.25, -0.2) is 0 Å². The number of alkyl halides is 13. The molecule has 2 N–H and O–H groups in total. The normalized spacial score (nSPS) is 14.9. The summed E-state index contributed by atoms with van der Waals surface area (Å²) in [4.78, 5) is 0. The molecule has 0 aliphatic carbocycles. The second-order valence-electron chi connectivity index (χ2n) is 7.24. The summed E-state index contributed by atoms with van der Waals surface area (Å²) in [6, 6.07) is 3.00. The third kappa shape index (κ3) is 5.04. The highest BCUT2D eigenvalue weighted by atomic mass is 35.5. The maximum absolute atomic E-state index is 13.9. The molecule has 4 nitrogen and oxygen atoms in total. The molecule has 0 aromatic heterocycles. The lowest BCUT2D eigenvalue weighted by molar-refractivity contribution is -0.433. The Balaban J connectivity index is 0.0000122. The third-order valence-electron chi connectivity index (χ3n) is 5.12. The maximum atomic E-state index is 13.9. The summed E-state index contributed by atoms with van der Waals surface area (Å²) in [5, 5.41) is -7.43. The van der Waals surface area contributed by atoms with Gasteiger partial charge in [-0.1, -0.05) is 26.0 Å². The largest absolute Gasteiger partial charge is 0.460 e. The van der Waals surface area contributed by atoms with Crippen LogP contribution in [0.1, 0.15) is 32.3 Å². The van der Waals surface area contributed by atoms with Gasteiger partial charge < -0.3 is 9.92 Å². The first kappa shape index (κ1) is 34.3. The fraction of sp³-hybridized carbons (Fsp3) is 0.647. The van der Waals surface area contributed by atoms with Gasteiger partial charge in [0.2, 0.25) is 0 Å². The van der Waals surface area contributed by atoms with E-state index >= 15 is 0 Å². The Hall–Kier alpha value is -1.69. The standard InChI is InChI=1S/C17H16F13NO3S.ClH/c1-3-11(31,4-2)9-5-7-10(8-6-9)34-35(32,33)17(29,30)15(24,25)13(20,21)12(18,19)14(22,23)16(26,27)28;/h5-8H,3-4,31H2,1-2H3;1H. The van der Waals surface area contributed by atoms with Crippen molar-refractivity contribution in [2.45, 2.75) is 67.3 Å². The lowest BCUT2D eigenvalue weighted by atomic mass is 9.86. The van der Waals surface area contributed by atoms with Crippen LogP contribution in [-0.4, -0.2) is 43.5 Å². The van der Waals surface area contributed by atoms with Crippen molar-refractivity contribution in [1.29, 1.82) is 0 Å². The van der Waals surface area contributed by atoms with Gasteiger partial charge in [-0.05, 0) is 30.5 Å². The molecule has 0 heterocycles. The van der Waals surface area contributed by atoms with Gasteiger partial charge in [0, 0.05) is 5.54 Å². The van der Waals surface area contributed by atoms with Gasteiger partial charge in [0.25, 0.3) is 0 Å². The molecule has 0 atom stereocenters. The van der Waals surface area contributed by atoms with Crippen molar-refractivity contribution < 1.29 is 69.7 Å². The van der Waals surface area contributed by atoms with E-state index in [1.807, 2.05) is 0 Å². The SMILES string of the molecule is CCC(N)(CC)c1ccc(OS(=O)(=O)C(F)(F)C(F)(F)C(F)(F)C(F)(F)C(F)(F)C(F)(F)F)cc1.Cl. The molecule has 0 aliphatic heterocycles. The van der Waals surface area contributed by atoms with Crippen LogP contribution in [0.3, 0.4) is 0 Å². The molecule has 0 spiro atoms.